The second-order valence-electron chi connectivity index (χ2n) is 17.1. The predicted octanol–water partition coefficient (Wildman–Crippen LogP) is 18.2. The first kappa shape index (κ1) is 64.0. The zero-order valence-corrected chi connectivity index (χ0v) is 43.8. The zero-order chi connectivity index (χ0) is 50.0. The van der Waals surface area contributed by atoms with E-state index >= 15 is 0 Å². The smallest absolute Gasteiger partial charge is 0.306 e. The van der Waals surface area contributed by atoms with Crippen molar-refractivity contribution in [1.29, 1.82) is 0 Å². The number of esters is 3. The van der Waals surface area contributed by atoms with Crippen LogP contribution in [0.15, 0.2) is 158 Å². The number of unbranched alkanes of at least 4 members (excludes halogenated alkanes) is 13. The number of hydrogen-bond donors (Lipinski definition) is 0. The maximum atomic E-state index is 12.8. The van der Waals surface area contributed by atoms with Crippen molar-refractivity contribution in [3.63, 3.8) is 0 Å². The molecule has 0 spiro atoms. The highest BCUT2D eigenvalue weighted by atomic mass is 16.6. The van der Waals surface area contributed by atoms with E-state index in [1.165, 1.54) is 25.7 Å². The highest BCUT2D eigenvalue weighted by Crippen LogP contribution is 2.13. The van der Waals surface area contributed by atoms with Gasteiger partial charge in [0.25, 0.3) is 0 Å². The number of allylic oxidation sites excluding steroid dienone is 26. The minimum Gasteiger partial charge on any atom is -0.462 e. The third-order valence-corrected chi connectivity index (χ3v) is 10.6. The third-order valence-electron chi connectivity index (χ3n) is 10.6. The van der Waals surface area contributed by atoms with E-state index < -0.39 is 6.10 Å². The second-order valence-corrected chi connectivity index (χ2v) is 17.1. The minimum atomic E-state index is -0.829. The molecule has 6 nitrogen and oxygen atoms in total. The largest absolute Gasteiger partial charge is 0.462 e. The van der Waals surface area contributed by atoms with Crippen LogP contribution >= 0.6 is 0 Å². The van der Waals surface area contributed by atoms with E-state index in [2.05, 4.69) is 124 Å². The van der Waals surface area contributed by atoms with Gasteiger partial charge < -0.3 is 14.2 Å². The molecule has 1 atom stereocenters. The van der Waals surface area contributed by atoms with Gasteiger partial charge in [0.1, 0.15) is 13.2 Å². The first-order valence-corrected chi connectivity index (χ1v) is 27.1. The average molecular weight is 949 g/mol. The van der Waals surface area contributed by atoms with Crippen LogP contribution in [-0.2, 0) is 28.6 Å². The number of carbonyl (C=O) groups excluding carboxylic acids is 3. The van der Waals surface area contributed by atoms with E-state index in [1.807, 2.05) is 54.7 Å². The SMILES string of the molecule is CC\C=C/C=C\C=C/C=C\C=C/CCCC(=O)OCC(COC(=O)CCCCCCCC/C=C\C/C=C\C/C=C\C/C=C\CC)OC(=O)CCCCCCCC/C=C\C/C=C\C/C=C\C/C=C\CC. The molecule has 1 unspecified atom stereocenters. The van der Waals surface area contributed by atoms with Gasteiger partial charge in [0.15, 0.2) is 6.10 Å². The molecule has 0 aromatic heterocycles. The van der Waals surface area contributed by atoms with Gasteiger partial charge in [-0.15, -0.1) is 0 Å². The van der Waals surface area contributed by atoms with Crippen molar-refractivity contribution < 1.29 is 28.6 Å². The Morgan fingerprint density at radius 1 is 0.304 bits per heavy atom. The summed E-state index contributed by atoms with van der Waals surface area (Å²) in [6.45, 7) is 6.16. The zero-order valence-electron chi connectivity index (χ0n) is 43.8. The molecule has 0 radical (unpaired) electrons. The highest BCUT2D eigenvalue weighted by molar-refractivity contribution is 5.71. The van der Waals surface area contributed by atoms with Crippen LogP contribution in [0, 0.1) is 0 Å². The van der Waals surface area contributed by atoms with Gasteiger partial charge in [-0.25, -0.2) is 0 Å². The number of hydrogen-bond acceptors (Lipinski definition) is 6. The van der Waals surface area contributed by atoms with Gasteiger partial charge in [-0.1, -0.05) is 230 Å². The summed E-state index contributed by atoms with van der Waals surface area (Å²) in [6, 6.07) is 0. The molecule has 0 saturated heterocycles. The lowest BCUT2D eigenvalue weighted by atomic mass is 10.1. The Morgan fingerprint density at radius 3 is 1.03 bits per heavy atom. The molecule has 0 aromatic carbocycles. The fourth-order valence-electron chi connectivity index (χ4n) is 6.69. The van der Waals surface area contributed by atoms with E-state index in [0.29, 0.717) is 12.8 Å². The molecule has 0 amide bonds. The molecule has 0 aliphatic heterocycles. The van der Waals surface area contributed by atoms with Crippen LogP contribution < -0.4 is 0 Å². The summed E-state index contributed by atoms with van der Waals surface area (Å²) in [4.78, 5) is 38.1. The van der Waals surface area contributed by atoms with Crippen molar-refractivity contribution in [1.82, 2.24) is 0 Å². The molecular weight excluding hydrogens is 853 g/mol. The molecule has 0 aliphatic carbocycles. The third kappa shape index (κ3) is 53.8. The molecule has 0 N–H and O–H groups in total. The summed E-state index contributed by atoms with van der Waals surface area (Å²) in [5.74, 6) is -1.04. The number of rotatable bonds is 46. The first-order chi connectivity index (χ1) is 34.0. The maximum Gasteiger partial charge on any atom is 0.306 e. The van der Waals surface area contributed by atoms with E-state index in [0.717, 1.165) is 128 Å². The summed E-state index contributed by atoms with van der Waals surface area (Å²) in [6.07, 6.45) is 80.9. The Hall–Kier alpha value is -4.97. The van der Waals surface area contributed by atoms with Crippen LogP contribution in [0.4, 0.5) is 0 Å². The summed E-state index contributed by atoms with van der Waals surface area (Å²) in [5, 5.41) is 0. The minimum absolute atomic E-state index is 0.122. The standard InChI is InChI=1S/C63H96O6/c1-4-7-10-13-16-19-22-25-27-29-31-33-35-38-41-44-47-50-53-56-62(65)68-59-60(58-67-61(64)55-52-49-46-43-40-37-24-21-18-15-12-9-6-3)69-63(66)57-54-51-48-45-42-39-36-34-32-30-28-26-23-20-17-14-11-8-5-2/h7-12,15-21,24-28,31-34,37,40,43,46,60H,4-6,13-14,22-23,29-30,35-36,38-39,41-42,44-45,47-59H2,1-3H3/b10-7-,11-8-,12-9-,18-15-,19-16-,20-17-,24-21-,27-25-,28-26-,33-31-,34-32-,40-37-,46-43-. The molecule has 6 heteroatoms. The molecule has 384 valence electrons. The Labute approximate surface area is 422 Å². The van der Waals surface area contributed by atoms with Crippen LogP contribution in [0.2, 0.25) is 0 Å². The molecule has 0 aliphatic rings. The molecule has 0 aromatic rings. The Bertz CT molecular complexity index is 1610. The molecule has 69 heavy (non-hydrogen) atoms. The van der Waals surface area contributed by atoms with Crippen LogP contribution in [0.5, 0.6) is 0 Å². The van der Waals surface area contributed by atoms with Crippen molar-refractivity contribution in [2.75, 3.05) is 13.2 Å². The van der Waals surface area contributed by atoms with Crippen molar-refractivity contribution in [3.8, 4) is 0 Å². The van der Waals surface area contributed by atoms with Crippen molar-refractivity contribution in [2.24, 2.45) is 0 Å². The van der Waals surface area contributed by atoms with Gasteiger partial charge in [0.05, 0.1) is 0 Å². The van der Waals surface area contributed by atoms with Crippen molar-refractivity contribution in [3.05, 3.63) is 158 Å². The van der Waals surface area contributed by atoms with Crippen LogP contribution in [0.3, 0.4) is 0 Å². The van der Waals surface area contributed by atoms with Gasteiger partial charge in [-0.3, -0.25) is 14.4 Å². The second kappa shape index (κ2) is 55.6. The normalized spacial score (nSPS) is 13.4. The lowest BCUT2D eigenvalue weighted by Crippen LogP contribution is -2.30. The van der Waals surface area contributed by atoms with Crippen LogP contribution in [0.1, 0.15) is 201 Å². The fourth-order valence-corrected chi connectivity index (χ4v) is 6.69. The Balaban J connectivity index is 4.54. The number of carbonyl (C=O) groups is 3. The molecule has 0 bridgehead atoms. The average Bonchev–Trinajstić information content (AvgIpc) is 3.35. The topological polar surface area (TPSA) is 78.9 Å². The first-order valence-electron chi connectivity index (χ1n) is 27.1. The van der Waals surface area contributed by atoms with Crippen molar-refractivity contribution in [2.45, 2.75) is 207 Å². The van der Waals surface area contributed by atoms with Crippen molar-refractivity contribution >= 4 is 17.9 Å². The highest BCUT2D eigenvalue weighted by Gasteiger charge is 2.19. The maximum absolute atomic E-state index is 12.8. The van der Waals surface area contributed by atoms with Gasteiger partial charge >= 0.3 is 17.9 Å². The molecule has 0 saturated carbocycles. The van der Waals surface area contributed by atoms with Crippen LogP contribution in [0.25, 0.3) is 0 Å². The van der Waals surface area contributed by atoms with Crippen LogP contribution in [-0.4, -0.2) is 37.2 Å². The molecule has 0 rings (SSSR count). The fraction of sp³-hybridized carbons (Fsp3) is 0.540. The molecule has 0 fully saturated rings. The summed E-state index contributed by atoms with van der Waals surface area (Å²) in [7, 11) is 0. The van der Waals surface area contributed by atoms with Gasteiger partial charge in [0, 0.05) is 19.3 Å². The summed E-state index contributed by atoms with van der Waals surface area (Å²) in [5.41, 5.74) is 0. The predicted molar refractivity (Wildman–Crippen MR) is 297 cm³/mol. The van der Waals surface area contributed by atoms with E-state index in [-0.39, 0.29) is 44.0 Å². The lowest BCUT2D eigenvalue weighted by molar-refractivity contribution is -0.167. The van der Waals surface area contributed by atoms with Gasteiger partial charge in [0.2, 0.25) is 0 Å². The van der Waals surface area contributed by atoms with E-state index in [9.17, 15) is 14.4 Å². The van der Waals surface area contributed by atoms with E-state index in [4.69, 9.17) is 14.2 Å². The van der Waals surface area contributed by atoms with E-state index in [1.54, 1.807) is 0 Å². The molecular formula is C63H96O6. The lowest BCUT2D eigenvalue weighted by Gasteiger charge is -2.18. The monoisotopic (exact) mass is 949 g/mol. The summed E-state index contributed by atoms with van der Waals surface area (Å²) < 4.78 is 16.7. The Morgan fingerprint density at radius 2 is 0.609 bits per heavy atom. The van der Waals surface area contributed by atoms with Gasteiger partial charge in [-0.05, 0) is 109 Å². The quantitative estimate of drug-likeness (QED) is 0.0199. The Kier molecular flexibility index (Phi) is 51.6. The number of ether oxygens (including phenoxy) is 3. The van der Waals surface area contributed by atoms with Gasteiger partial charge in [-0.2, -0.15) is 0 Å². The molecule has 0 heterocycles. The summed E-state index contributed by atoms with van der Waals surface area (Å²) >= 11 is 0.